The number of hydrogen-bond acceptors (Lipinski definition) is 3. The van der Waals surface area contributed by atoms with Gasteiger partial charge < -0.3 is 15.8 Å². The molecule has 116 valence electrons. The van der Waals surface area contributed by atoms with Gasteiger partial charge in [-0.05, 0) is 42.7 Å². The Labute approximate surface area is 131 Å². The first kappa shape index (κ1) is 15.9. The molecule has 1 amide bonds. The van der Waals surface area contributed by atoms with Crippen molar-refractivity contribution in [1.29, 1.82) is 0 Å². The predicted octanol–water partition coefficient (Wildman–Crippen LogP) is 3.80. The Hall–Kier alpha value is -2.49. The fraction of sp³-hybridized carbons (Fsp3) is 0.278. The maximum atomic E-state index is 12.2. The van der Waals surface area contributed by atoms with Crippen LogP contribution in [0.15, 0.2) is 48.5 Å². The van der Waals surface area contributed by atoms with E-state index >= 15 is 0 Å². The topological polar surface area (TPSA) is 64.3 Å². The van der Waals surface area contributed by atoms with Crippen LogP contribution in [0.4, 0.5) is 11.4 Å². The summed E-state index contributed by atoms with van der Waals surface area (Å²) < 4.78 is 5.83. The van der Waals surface area contributed by atoms with Crippen molar-refractivity contribution in [1.82, 2.24) is 0 Å². The Morgan fingerprint density at radius 3 is 2.50 bits per heavy atom. The van der Waals surface area contributed by atoms with Crippen LogP contribution in [0, 0.1) is 0 Å². The summed E-state index contributed by atoms with van der Waals surface area (Å²) in [6, 6.07) is 14.9. The van der Waals surface area contributed by atoms with Crippen molar-refractivity contribution in [2.75, 3.05) is 11.1 Å². The molecule has 4 heteroatoms. The quantitative estimate of drug-likeness (QED) is 0.825. The van der Waals surface area contributed by atoms with Gasteiger partial charge in [0.05, 0.1) is 0 Å². The molecule has 1 atom stereocenters. The molecule has 22 heavy (non-hydrogen) atoms. The number of amides is 1. The molecule has 0 fully saturated rings. The van der Waals surface area contributed by atoms with Crippen LogP contribution in [-0.2, 0) is 4.79 Å². The number of rotatable bonds is 5. The summed E-state index contributed by atoms with van der Waals surface area (Å²) in [5.74, 6) is 0.872. The van der Waals surface area contributed by atoms with Crippen molar-refractivity contribution in [3.05, 3.63) is 54.1 Å². The number of nitrogens with one attached hydrogen (secondary N) is 1. The van der Waals surface area contributed by atoms with Crippen molar-refractivity contribution in [2.45, 2.75) is 32.8 Å². The number of ether oxygens (including phenoxy) is 1. The maximum Gasteiger partial charge on any atom is 0.265 e. The zero-order chi connectivity index (χ0) is 16.1. The fourth-order valence-corrected chi connectivity index (χ4v) is 2.17. The zero-order valence-electron chi connectivity index (χ0n) is 13.2. The second-order valence-corrected chi connectivity index (χ2v) is 5.57. The lowest BCUT2D eigenvalue weighted by Crippen LogP contribution is -2.30. The first-order valence-corrected chi connectivity index (χ1v) is 7.39. The van der Waals surface area contributed by atoms with Crippen LogP contribution in [0.5, 0.6) is 5.75 Å². The summed E-state index contributed by atoms with van der Waals surface area (Å²) in [5.41, 5.74) is 8.07. The van der Waals surface area contributed by atoms with E-state index in [4.69, 9.17) is 10.5 Å². The fourth-order valence-electron chi connectivity index (χ4n) is 2.17. The standard InChI is InChI=1S/C18H22N2O2/c1-12(2)16-9-4-5-10-17(16)22-13(3)18(21)20-15-8-6-7-14(19)11-15/h4-13H,19H2,1-3H3,(H,20,21). The minimum absolute atomic E-state index is 0.204. The van der Waals surface area contributed by atoms with Crippen molar-refractivity contribution in [3.63, 3.8) is 0 Å². The van der Waals surface area contributed by atoms with Gasteiger partial charge in [-0.1, -0.05) is 38.1 Å². The second kappa shape index (κ2) is 6.98. The van der Waals surface area contributed by atoms with Gasteiger partial charge in [0.15, 0.2) is 6.10 Å². The molecular weight excluding hydrogens is 276 g/mol. The Morgan fingerprint density at radius 2 is 1.82 bits per heavy atom. The van der Waals surface area contributed by atoms with Crippen LogP contribution in [0.2, 0.25) is 0 Å². The molecule has 0 aromatic heterocycles. The van der Waals surface area contributed by atoms with Gasteiger partial charge in [0, 0.05) is 11.4 Å². The number of anilines is 2. The minimum atomic E-state index is -0.596. The third-order valence-electron chi connectivity index (χ3n) is 3.37. The molecule has 0 spiro atoms. The van der Waals surface area contributed by atoms with Gasteiger partial charge in [0.2, 0.25) is 0 Å². The van der Waals surface area contributed by atoms with Gasteiger partial charge in [-0.15, -0.1) is 0 Å². The minimum Gasteiger partial charge on any atom is -0.481 e. The van der Waals surface area contributed by atoms with Crippen molar-refractivity contribution >= 4 is 17.3 Å². The van der Waals surface area contributed by atoms with E-state index in [1.54, 1.807) is 31.2 Å². The lowest BCUT2D eigenvalue weighted by Gasteiger charge is -2.18. The molecule has 0 bridgehead atoms. The Morgan fingerprint density at radius 1 is 1.09 bits per heavy atom. The summed E-state index contributed by atoms with van der Waals surface area (Å²) in [7, 11) is 0. The number of nitrogen functional groups attached to an aromatic ring is 1. The Balaban J connectivity index is 2.06. The van der Waals surface area contributed by atoms with Crippen molar-refractivity contribution in [3.8, 4) is 5.75 Å². The molecule has 2 aromatic rings. The summed E-state index contributed by atoms with van der Waals surface area (Å²) >= 11 is 0. The first-order valence-electron chi connectivity index (χ1n) is 7.39. The van der Waals surface area contributed by atoms with Crippen molar-refractivity contribution < 1.29 is 9.53 Å². The normalized spacial score (nSPS) is 12.0. The first-order chi connectivity index (χ1) is 10.5. The predicted molar refractivity (Wildman–Crippen MR) is 90.1 cm³/mol. The zero-order valence-corrected chi connectivity index (χ0v) is 13.2. The van der Waals surface area contributed by atoms with Gasteiger partial charge in [0.25, 0.3) is 5.91 Å². The molecule has 0 radical (unpaired) electrons. The van der Waals surface area contributed by atoms with E-state index in [1.165, 1.54) is 0 Å². The van der Waals surface area contributed by atoms with Gasteiger partial charge in [0.1, 0.15) is 5.75 Å². The second-order valence-electron chi connectivity index (χ2n) is 5.57. The van der Waals surface area contributed by atoms with Gasteiger partial charge in [-0.3, -0.25) is 4.79 Å². The third-order valence-corrected chi connectivity index (χ3v) is 3.37. The van der Waals surface area contributed by atoms with Crippen LogP contribution in [0.3, 0.4) is 0 Å². The highest BCUT2D eigenvalue weighted by atomic mass is 16.5. The van der Waals surface area contributed by atoms with Crippen LogP contribution >= 0.6 is 0 Å². The van der Waals surface area contributed by atoms with Gasteiger partial charge in [-0.25, -0.2) is 0 Å². The van der Waals surface area contributed by atoms with E-state index in [0.29, 0.717) is 17.3 Å². The molecule has 0 heterocycles. The Kier molecular flexibility index (Phi) is 5.04. The largest absolute Gasteiger partial charge is 0.481 e. The SMILES string of the molecule is CC(Oc1ccccc1C(C)C)C(=O)Nc1cccc(N)c1. The van der Waals surface area contributed by atoms with E-state index in [1.807, 2.05) is 24.3 Å². The van der Waals surface area contributed by atoms with Crippen LogP contribution in [0.1, 0.15) is 32.3 Å². The van der Waals surface area contributed by atoms with Crippen molar-refractivity contribution in [2.24, 2.45) is 0 Å². The monoisotopic (exact) mass is 298 g/mol. The summed E-state index contributed by atoms with van der Waals surface area (Å²) in [6.45, 7) is 5.93. The molecule has 0 aliphatic carbocycles. The number of carbonyl (C=O) groups excluding carboxylic acids is 1. The van der Waals surface area contributed by atoms with E-state index < -0.39 is 6.10 Å². The average Bonchev–Trinajstić information content (AvgIpc) is 2.47. The van der Waals surface area contributed by atoms with E-state index in [9.17, 15) is 4.79 Å². The number of nitrogens with two attached hydrogens (primary N) is 1. The summed E-state index contributed by atoms with van der Waals surface area (Å²) in [5, 5.41) is 2.81. The van der Waals surface area contributed by atoms with Gasteiger partial charge >= 0.3 is 0 Å². The summed E-state index contributed by atoms with van der Waals surface area (Å²) in [6.07, 6.45) is -0.596. The third kappa shape index (κ3) is 4.01. The smallest absolute Gasteiger partial charge is 0.265 e. The summed E-state index contributed by atoms with van der Waals surface area (Å²) in [4.78, 5) is 12.2. The Bertz CT molecular complexity index is 653. The molecule has 4 nitrogen and oxygen atoms in total. The van der Waals surface area contributed by atoms with E-state index in [2.05, 4.69) is 19.2 Å². The molecular formula is C18H22N2O2. The average molecular weight is 298 g/mol. The molecule has 2 aromatic carbocycles. The molecule has 0 aliphatic rings. The molecule has 0 saturated carbocycles. The highest BCUT2D eigenvalue weighted by Crippen LogP contribution is 2.26. The van der Waals surface area contributed by atoms with E-state index in [0.717, 1.165) is 11.3 Å². The highest BCUT2D eigenvalue weighted by molar-refractivity contribution is 5.94. The molecule has 0 saturated heterocycles. The number of hydrogen-bond donors (Lipinski definition) is 2. The molecule has 0 aliphatic heterocycles. The molecule has 3 N–H and O–H groups in total. The number of para-hydroxylation sites is 1. The molecule has 1 unspecified atom stereocenters. The highest BCUT2D eigenvalue weighted by Gasteiger charge is 2.17. The van der Waals surface area contributed by atoms with E-state index in [-0.39, 0.29) is 5.91 Å². The van der Waals surface area contributed by atoms with Gasteiger partial charge in [-0.2, -0.15) is 0 Å². The lowest BCUT2D eigenvalue weighted by molar-refractivity contribution is -0.122. The number of carbonyl (C=O) groups is 1. The van der Waals surface area contributed by atoms with Crippen LogP contribution in [0.25, 0.3) is 0 Å². The molecule has 2 rings (SSSR count). The lowest BCUT2D eigenvalue weighted by atomic mass is 10.0. The maximum absolute atomic E-state index is 12.2. The van der Waals surface area contributed by atoms with Crippen LogP contribution in [-0.4, -0.2) is 12.0 Å². The number of benzene rings is 2. The van der Waals surface area contributed by atoms with Crippen LogP contribution < -0.4 is 15.8 Å².